The summed E-state index contributed by atoms with van der Waals surface area (Å²) in [5.74, 6) is -8.51. The fourth-order valence-corrected chi connectivity index (χ4v) is 4.41. The average Bonchev–Trinajstić information content (AvgIpc) is 3.60. The highest BCUT2D eigenvalue weighted by molar-refractivity contribution is 7.46. The lowest BCUT2D eigenvalue weighted by Crippen LogP contribution is -2.55. The minimum absolute atomic E-state index is 0.0866. The molecule has 5 atom stereocenters. The zero-order chi connectivity index (χ0) is 35.3. The Labute approximate surface area is 266 Å². The van der Waals surface area contributed by atoms with Crippen molar-refractivity contribution in [2.75, 3.05) is 13.2 Å². The molecule has 1 aliphatic heterocycles. The fourth-order valence-electron chi connectivity index (χ4n) is 4.00. The Bertz CT molecular complexity index is 1360. The first kappa shape index (κ1) is 38.6. The monoisotopic (exact) mass is 692 g/mol. The van der Waals surface area contributed by atoms with E-state index in [1.165, 1.54) is 19.4 Å². The second-order valence-electron chi connectivity index (χ2n) is 10.2. The number of nitrogens with one attached hydrogen (secondary N) is 4. The van der Waals surface area contributed by atoms with Gasteiger partial charge in [0, 0.05) is 24.7 Å². The van der Waals surface area contributed by atoms with Gasteiger partial charge in [0.1, 0.15) is 30.8 Å². The number of carbonyl (C=O) groups excluding carboxylic acids is 5. The fraction of sp³-hybridized carbons (Fsp3) is 0.560. The van der Waals surface area contributed by atoms with Crippen LogP contribution in [0, 0.1) is 0 Å². The number of amides is 3. The lowest BCUT2D eigenvalue weighted by atomic mass is 10.1. The number of phosphoric ester groups is 1. The molecule has 2 rings (SSSR count). The summed E-state index contributed by atoms with van der Waals surface area (Å²) in [6.07, 6.45) is -0.998. The summed E-state index contributed by atoms with van der Waals surface area (Å²) in [4.78, 5) is 97.8. The number of nitrogens with zero attached hydrogens (tertiary/aromatic N) is 1. The quantitative estimate of drug-likeness (QED) is 0.0373. The maximum atomic E-state index is 13.0. The lowest BCUT2D eigenvalue weighted by molar-refractivity contribution is -0.155. The first-order chi connectivity index (χ1) is 22.0. The van der Waals surface area contributed by atoms with Crippen molar-refractivity contribution in [2.45, 2.75) is 75.8 Å². The number of rotatable bonds is 20. The molecule has 0 bridgehead atoms. The summed E-state index contributed by atoms with van der Waals surface area (Å²) in [5, 5.41) is 36.7. The molecule has 0 aromatic carbocycles. The Balaban J connectivity index is 1.87. The van der Waals surface area contributed by atoms with Crippen LogP contribution in [0.3, 0.4) is 0 Å². The third-order valence-corrected chi connectivity index (χ3v) is 6.82. The van der Waals surface area contributed by atoms with Crippen LogP contribution in [-0.4, -0.2) is 114 Å². The van der Waals surface area contributed by atoms with E-state index in [2.05, 4.69) is 35.2 Å². The van der Waals surface area contributed by atoms with Crippen LogP contribution in [0.2, 0.25) is 0 Å². The Morgan fingerprint density at radius 2 is 1.79 bits per heavy atom. The molecule has 1 aromatic heterocycles. The number of cyclic esters (lactones) is 1. The van der Waals surface area contributed by atoms with Crippen molar-refractivity contribution in [1.82, 2.24) is 25.9 Å². The molecule has 3 amide bonds. The molecule has 0 saturated heterocycles. The molecule has 47 heavy (non-hydrogen) atoms. The van der Waals surface area contributed by atoms with Gasteiger partial charge in [-0.3, -0.25) is 29.0 Å². The molecule has 5 unspecified atom stereocenters. The highest BCUT2D eigenvalue weighted by Gasteiger charge is 2.43. The van der Waals surface area contributed by atoms with Crippen molar-refractivity contribution >= 4 is 43.5 Å². The summed E-state index contributed by atoms with van der Waals surface area (Å²) >= 11 is 0. The van der Waals surface area contributed by atoms with Crippen LogP contribution in [0.5, 0.6) is 0 Å². The number of ether oxygens (including phenoxy) is 2. The Hall–Kier alpha value is -4.56. The number of carbonyl (C=O) groups is 6. The molecular formula is C25H37N6O15P. The van der Waals surface area contributed by atoms with Crippen molar-refractivity contribution < 1.29 is 72.4 Å². The number of imidazole rings is 1. The number of hydrogen-bond acceptors (Lipinski definition) is 14. The number of aliphatic hydroxyl groups is 2. The molecule has 0 radical (unpaired) electrons. The van der Waals surface area contributed by atoms with Crippen LogP contribution in [0.25, 0.3) is 0 Å². The van der Waals surface area contributed by atoms with Gasteiger partial charge >= 0.3 is 25.7 Å². The summed E-state index contributed by atoms with van der Waals surface area (Å²) < 4.78 is 24.3. The van der Waals surface area contributed by atoms with Crippen LogP contribution in [0.1, 0.15) is 44.7 Å². The van der Waals surface area contributed by atoms with Gasteiger partial charge in [-0.05, 0) is 32.7 Å². The molecule has 2 heterocycles. The van der Waals surface area contributed by atoms with E-state index in [1.807, 2.05) is 0 Å². The topological polar surface area (TPSA) is 339 Å². The zero-order valence-corrected chi connectivity index (χ0v) is 25.9. The number of esters is 2. The van der Waals surface area contributed by atoms with E-state index in [4.69, 9.17) is 20.3 Å². The van der Waals surface area contributed by atoms with Gasteiger partial charge in [0.25, 0.3) is 5.76 Å². The zero-order valence-electron chi connectivity index (χ0n) is 25.0. The smallest absolute Gasteiger partial charge is 0.505 e. The van der Waals surface area contributed by atoms with Gasteiger partial charge in [0.05, 0.1) is 12.7 Å². The molecule has 0 saturated carbocycles. The predicted molar refractivity (Wildman–Crippen MR) is 153 cm³/mol. The Kier molecular flexibility index (Phi) is 14.8. The second-order valence-corrected chi connectivity index (χ2v) is 11.4. The standard InChI is InChI=1S/C25H37N6O15P/c1-12(22(36)31-15(8-13-9-27-11-28-13)23(37)30-14(24(38)39)4-2-3-7-26)29-17(33)5-6-18(34)44-10-16(32)20-19(35)21(25(40)45-20)46-47(41,42)43/h9,11-12,14-16,20,32,35H,2-8,10,26H2,1H3,(H,27,28)(H,29,33)(H,30,37)(H,31,36)(H,38,39)(H2,41,42,43). The summed E-state index contributed by atoms with van der Waals surface area (Å²) in [6, 6.07) is -3.70. The maximum Gasteiger partial charge on any atom is 0.525 e. The normalized spacial score (nSPS) is 17.1. The minimum atomic E-state index is -5.24. The number of aliphatic hydroxyl groups excluding tert-OH is 2. The molecule has 21 nitrogen and oxygen atoms in total. The van der Waals surface area contributed by atoms with Gasteiger partial charge in [0.2, 0.25) is 17.7 Å². The predicted octanol–water partition coefficient (Wildman–Crippen LogP) is -2.87. The number of aromatic nitrogens is 2. The average molecular weight is 693 g/mol. The number of aliphatic carboxylic acids is 1. The Morgan fingerprint density at radius 3 is 2.38 bits per heavy atom. The summed E-state index contributed by atoms with van der Waals surface area (Å²) in [5.41, 5.74) is 5.89. The summed E-state index contributed by atoms with van der Waals surface area (Å²) in [7, 11) is -5.24. The molecule has 0 aliphatic carbocycles. The van der Waals surface area contributed by atoms with Gasteiger partial charge in [-0.1, -0.05) is 0 Å². The lowest BCUT2D eigenvalue weighted by Gasteiger charge is -2.23. The molecule has 22 heteroatoms. The maximum absolute atomic E-state index is 13.0. The molecule has 1 aliphatic rings. The number of phosphoric acid groups is 1. The van der Waals surface area contributed by atoms with Crippen molar-refractivity contribution in [2.24, 2.45) is 5.73 Å². The molecule has 262 valence electrons. The van der Waals surface area contributed by atoms with Gasteiger partial charge in [-0.2, -0.15) is 0 Å². The van der Waals surface area contributed by atoms with Gasteiger partial charge in [0.15, 0.2) is 11.9 Å². The van der Waals surface area contributed by atoms with Crippen LogP contribution in [0.15, 0.2) is 24.0 Å². The van der Waals surface area contributed by atoms with E-state index in [0.717, 1.165) is 0 Å². The summed E-state index contributed by atoms with van der Waals surface area (Å²) in [6.45, 7) is 0.783. The van der Waals surface area contributed by atoms with Crippen molar-refractivity contribution in [3.05, 3.63) is 29.7 Å². The highest BCUT2D eigenvalue weighted by atomic mass is 31.2. The SMILES string of the molecule is CC(NC(=O)CCC(=O)OCC(O)C1OC(=O)C(OP(=O)(O)O)=C1O)C(=O)NC(Cc1cnc[nH]1)C(=O)NC(CCCCN)C(=O)O. The van der Waals surface area contributed by atoms with Crippen LogP contribution in [-0.2, 0) is 53.8 Å². The van der Waals surface area contributed by atoms with Crippen molar-refractivity contribution in [3.8, 4) is 0 Å². The molecular weight excluding hydrogens is 655 g/mol. The highest BCUT2D eigenvalue weighted by Crippen LogP contribution is 2.42. The third-order valence-electron chi connectivity index (χ3n) is 6.40. The van der Waals surface area contributed by atoms with Crippen LogP contribution in [0.4, 0.5) is 0 Å². The molecule has 11 N–H and O–H groups in total. The molecule has 0 fully saturated rings. The van der Waals surface area contributed by atoms with Gasteiger partial charge in [-0.25, -0.2) is 19.1 Å². The van der Waals surface area contributed by atoms with Crippen LogP contribution < -0.4 is 21.7 Å². The number of aromatic amines is 1. The molecule has 0 spiro atoms. The van der Waals surface area contributed by atoms with Gasteiger partial charge < -0.3 is 56.0 Å². The minimum Gasteiger partial charge on any atom is -0.505 e. The van der Waals surface area contributed by atoms with Crippen molar-refractivity contribution in [3.63, 3.8) is 0 Å². The van der Waals surface area contributed by atoms with Crippen molar-refractivity contribution in [1.29, 1.82) is 0 Å². The van der Waals surface area contributed by atoms with E-state index in [9.17, 15) is 48.7 Å². The van der Waals surface area contributed by atoms with E-state index in [0.29, 0.717) is 25.1 Å². The number of H-pyrrole nitrogens is 1. The van der Waals surface area contributed by atoms with Gasteiger partial charge in [-0.15, -0.1) is 0 Å². The van der Waals surface area contributed by atoms with E-state index in [-0.39, 0.29) is 12.8 Å². The Morgan fingerprint density at radius 1 is 1.11 bits per heavy atom. The van der Waals surface area contributed by atoms with Crippen LogP contribution >= 0.6 is 7.82 Å². The number of hydrogen-bond donors (Lipinski definition) is 10. The first-order valence-electron chi connectivity index (χ1n) is 14.1. The number of carboxylic acids is 1. The number of carboxylic acid groups (broad SMARTS) is 1. The van der Waals surface area contributed by atoms with E-state index in [1.54, 1.807) is 0 Å². The van der Waals surface area contributed by atoms with E-state index < -0.39 is 105 Å². The number of unbranched alkanes of at least 4 members (excludes halogenated alkanes) is 1. The third kappa shape index (κ3) is 13.0. The number of nitrogens with two attached hydrogens (primary N) is 1. The first-order valence-corrected chi connectivity index (χ1v) is 15.6. The molecule has 1 aromatic rings. The second kappa shape index (κ2) is 18.0. The largest absolute Gasteiger partial charge is 0.525 e. The van der Waals surface area contributed by atoms with E-state index >= 15 is 0 Å².